The van der Waals surface area contributed by atoms with Crippen molar-refractivity contribution in [2.24, 2.45) is 0 Å². The van der Waals surface area contributed by atoms with Crippen molar-refractivity contribution in [3.63, 3.8) is 0 Å². The first-order chi connectivity index (χ1) is 9.04. The van der Waals surface area contributed by atoms with E-state index in [1.807, 2.05) is 0 Å². The zero-order valence-corrected chi connectivity index (χ0v) is 12.4. The second kappa shape index (κ2) is 5.74. The van der Waals surface area contributed by atoms with E-state index in [1.54, 1.807) is 6.92 Å². The number of esters is 1. The SMILES string of the molecule is CCOC(=O)c1c(NC(C)=O)sc2c1C(C)CCC2. The van der Waals surface area contributed by atoms with Crippen molar-refractivity contribution in [2.75, 3.05) is 11.9 Å². The van der Waals surface area contributed by atoms with E-state index in [0.717, 1.165) is 24.8 Å². The molecular formula is C14H19NO3S. The fourth-order valence-corrected chi connectivity index (χ4v) is 3.96. The maximum Gasteiger partial charge on any atom is 0.341 e. The Morgan fingerprint density at radius 1 is 1.47 bits per heavy atom. The van der Waals surface area contributed by atoms with Crippen molar-refractivity contribution in [3.8, 4) is 0 Å². The van der Waals surface area contributed by atoms with Gasteiger partial charge in [0, 0.05) is 11.8 Å². The predicted octanol–water partition coefficient (Wildman–Crippen LogP) is 3.32. The zero-order chi connectivity index (χ0) is 14.0. The maximum atomic E-state index is 12.2. The van der Waals surface area contributed by atoms with Gasteiger partial charge < -0.3 is 10.1 Å². The molecule has 1 N–H and O–H groups in total. The number of hydrogen-bond donors (Lipinski definition) is 1. The molecule has 5 heteroatoms. The van der Waals surface area contributed by atoms with Crippen LogP contribution in [0.2, 0.25) is 0 Å². The van der Waals surface area contributed by atoms with Gasteiger partial charge in [-0.1, -0.05) is 6.92 Å². The minimum atomic E-state index is -0.322. The summed E-state index contributed by atoms with van der Waals surface area (Å²) < 4.78 is 5.14. The number of amides is 1. The van der Waals surface area contributed by atoms with Crippen molar-refractivity contribution in [1.82, 2.24) is 0 Å². The number of aryl methyl sites for hydroxylation is 1. The average Bonchev–Trinajstić information content (AvgIpc) is 2.68. The Hall–Kier alpha value is -1.36. The normalized spacial score (nSPS) is 17.7. The molecule has 1 amide bonds. The Morgan fingerprint density at radius 3 is 2.84 bits per heavy atom. The lowest BCUT2D eigenvalue weighted by Crippen LogP contribution is -2.14. The molecule has 1 heterocycles. The minimum absolute atomic E-state index is 0.156. The number of anilines is 1. The summed E-state index contributed by atoms with van der Waals surface area (Å²) in [6.45, 7) is 5.72. The summed E-state index contributed by atoms with van der Waals surface area (Å²) in [7, 11) is 0. The number of rotatable bonds is 3. The van der Waals surface area contributed by atoms with Gasteiger partial charge in [-0.3, -0.25) is 4.79 Å². The third-order valence-electron chi connectivity index (χ3n) is 3.32. The molecule has 19 heavy (non-hydrogen) atoms. The van der Waals surface area contributed by atoms with E-state index in [0.29, 0.717) is 23.1 Å². The lowest BCUT2D eigenvalue weighted by Gasteiger charge is -2.19. The number of hydrogen-bond acceptors (Lipinski definition) is 4. The van der Waals surface area contributed by atoms with Crippen molar-refractivity contribution < 1.29 is 14.3 Å². The van der Waals surface area contributed by atoms with E-state index in [9.17, 15) is 9.59 Å². The number of carbonyl (C=O) groups is 2. The molecule has 1 aliphatic rings. The Kier molecular flexibility index (Phi) is 4.24. The van der Waals surface area contributed by atoms with Crippen LogP contribution in [0.1, 0.15) is 60.3 Å². The summed E-state index contributed by atoms with van der Waals surface area (Å²) in [5.74, 6) is -0.129. The number of thiophene rings is 1. The van der Waals surface area contributed by atoms with Crippen LogP contribution in [0.3, 0.4) is 0 Å². The van der Waals surface area contributed by atoms with Gasteiger partial charge in [0.1, 0.15) is 5.00 Å². The number of carbonyl (C=O) groups excluding carboxylic acids is 2. The van der Waals surface area contributed by atoms with Gasteiger partial charge in [-0.15, -0.1) is 11.3 Å². The van der Waals surface area contributed by atoms with Crippen LogP contribution >= 0.6 is 11.3 Å². The Bertz CT molecular complexity index is 507. The Morgan fingerprint density at radius 2 is 2.21 bits per heavy atom. The highest BCUT2D eigenvalue weighted by molar-refractivity contribution is 7.17. The molecule has 0 saturated carbocycles. The van der Waals surface area contributed by atoms with Crippen molar-refractivity contribution in [2.45, 2.75) is 46.0 Å². The minimum Gasteiger partial charge on any atom is -0.462 e. The molecule has 0 fully saturated rings. The molecule has 0 saturated heterocycles. The largest absolute Gasteiger partial charge is 0.462 e. The quantitative estimate of drug-likeness (QED) is 0.865. The lowest BCUT2D eigenvalue weighted by molar-refractivity contribution is -0.114. The molecule has 104 valence electrons. The third-order valence-corrected chi connectivity index (χ3v) is 4.51. The van der Waals surface area contributed by atoms with Gasteiger partial charge in [0.25, 0.3) is 0 Å². The number of ether oxygens (including phenoxy) is 1. The van der Waals surface area contributed by atoms with Gasteiger partial charge in [-0.05, 0) is 37.7 Å². The van der Waals surface area contributed by atoms with Crippen LogP contribution < -0.4 is 5.32 Å². The molecule has 1 aromatic heterocycles. The van der Waals surface area contributed by atoms with E-state index in [1.165, 1.54) is 23.1 Å². The van der Waals surface area contributed by atoms with Gasteiger partial charge in [-0.25, -0.2) is 4.79 Å². The van der Waals surface area contributed by atoms with Crippen molar-refractivity contribution in [3.05, 3.63) is 16.0 Å². The zero-order valence-electron chi connectivity index (χ0n) is 11.5. The van der Waals surface area contributed by atoms with Gasteiger partial charge in [0.15, 0.2) is 0 Å². The van der Waals surface area contributed by atoms with Crippen LogP contribution in [0.15, 0.2) is 0 Å². The van der Waals surface area contributed by atoms with Crippen LogP contribution in [0, 0.1) is 0 Å². The van der Waals surface area contributed by atoms with E-state index < -0.39 is 0 Å². The summed E-state index contributed by atoms with van der Waals surface area (Å²) in [6, 6.07) is 0. The van der Waals surface area contributed by atoms with Gasteiger partial charge in [0.05, 0.1) is 12.2 Å². The summed E-state index contributed by atoms with van der Waals surface area (Å²) in [5.41, 5.74) is 1.66. The summed E-state index contributed by atoms with van der Waals surface area (Å²) >= 11 is 1.52. The predicted molar refractivity (Wildman–Crippen MR) is 75.9 cm³/mol. The van der Waals surface area contributed by atoms with Gasteiger partial charge in [-0.2, -0.15) is 0 Å². The van der Waals surface area contributed by atoms with Crippen LogP contribution in [0.5, 0.6) is 0 Å². The van der Waals surface area contributed by atoms with Crippen molar-refractivity contribution >= 4 is 28.2 Å². The molecule has 0 radical (unpaired) electrons. The summed E-state index contributed by atoms with van der Waals surface area (Å²) in [6.07, 6.45) is 3.20. The Labute approximate surface area is 117 Å². The standard InChI is InChI=1S/C14H19NO3S/c1-4-18-14(17)12-11-8(2)6-5-7-10(11)19-13(12)15-9(3)16/h8H,4-7H2,1-3H3,(H,15,16). The monoisotopic (exact) mass is 281 g/mol. The van der Waals surface area contributed by atoms with Gasteiger partial charge >= 0.3 is 5.97 Å². The highest BCUT2D eigenvalue weighted by Crippen LogP contribution is 2.43. The molecule has 1 unspecified atom stereocenters. The molecule has 0 aromatic carbocycles. The van der Waals surface area contributed by atoms with E-state index in [-0.39, 0.29) is 11.9 Å². The topological polar surface area (TPSA) is 55.4 Å². The second-order valence-electron chi connectivity index (χ2n) is 4.84. The number of fused-ring (bicyclic) bond motifs is 1. The van der Waals surface area contributed by atoms with E-state index >= 15 is 0 Å². The van der Waals surface area contributed by atoms with E-state index in [2.05, 4.69) is 12.2 Å². The van der Waals surface area contributed by atoms with Crippen LogP contribution in [0.25, 0.3) is 0 Å². The highest BCUT2D eigenvalue weighted by Gasteiger charge is 2.30. The third kappa shape index (κ3) is 2.81. The molecule has 4 nitrogen and oxygen atoms in total. The molecule has 1 atom stereocenters. The molecule has 0 spiro atoms. The first kappa shape index (κ1) is 14.1. The first-order valence-corrected chi connectivity index (χ1v) is 7.46. The molecular weight excluding hydrogens is 262 g/mol. The van der Waals surface area contributed by atoms with Crippen molar-refractivity contribution in [1.29, 1.82) is 0 Å². The van der Waals surface area contributed by atoms with E-state index in [4.69, 9.17) is 4.74 Å². The molecule has 0 aliphatic heterocycles. The molecule has 0 bridgehead atoms. The Balaban J connectivity index is 2.48. The highest BCUT2D eigenvalue weighted by atomic mass is 32.1. The molecule has 1 aliphatic carbocycles. The fraction of sp³-hybridized carbons (Fsp3) is 0.571. The fourth-order valence-electron chi connectivity index (χ4n) is 2.56. The van der Waals surface area contributed by atoms with Gasteiger partial charge in [0.2, 0.25) is 5.91 Å². The first-order valence-electron chi connectivity index (χ1n) is 6.64. The lowest BCUT2D eigenvalue weighted by atomic mass is 9.86. The molecule has 2 rings (SSSR count). The smallest absolute Gasteiger partial charge is 0.341 e. The summed E-state index contributed by atoms with van der Waals surface area (Å²) in [5, 5.41) is 3.41. The average molecular weight is 281 g/mol. The van der Waals surface area contributed by atoms with Crippen LogP contribution in [-0.2, 0) is 16.0 Å². The molecule has 1 aromatic rings. The van der Waals surface area contributed by atoms with Crippen LogP contribution in [-0.4, -0.2) is 18.5 Å². The van der Waals surface area contributed by atoms with Crippen LogP contribution in [0.4, 0.5) is 5.00 Å². The second-order valence-corrected chi connectivity index (χ2v) is 5.94. The summed E-state index contributed by atoms with van der Waals surface area (Å²) in [4.78, 5) is 24.7. The number of nitrogens with one attached hydrogen (secondary N) is 1. The maximum absolute atomic E-state index is 12.2.